The zero-order valence-corrected chi connectivity index (χ0v) is 5.25. The van der Waals surface area contributed by atoms with Crippen LogP contribution in [-0.4, -0.2) is 19.0 Å². The largest absolute Gasteiger partial charge is 0.370 e. The average Bonchev–Trinajstić information content (AvgIpc) is 2.34. The van der Waals surface area contributed by atoms with E-state index in [0.717, 1.165) is 12.7 Å². The first-order chi connectivity index (χ1) is 4.36. The van der Waals surface area contributed by atoms with Crippen LogP contribution in [0.1, 0.15) is 6.42 Å². The van der Waals surface area contributed by atoms with Crippen LogP contribution >= 0.6 is 0 Å². The van der Waals surface area contributed by atoms with E-state index in [2.05, 4.69) is 6.58 Å². The molecule has 0 spiro atoms. The highest BCUT2D eigenvalue weighted by Gasteiger charge is 2.21. The Labute approximate surface area is 54.5 Å². The van der Waals surface area contributed by atoms with Crippen molar-refractivity contribution in [3.63, 3.8) is 0 Å². The fourth-order valence-corrected chi connectivity index (χ4v) is 0.941. The first-order valence-electron chi connectivity index (χ1n) is 3.06. The van der Waals surface area contributed by atoms with Gasteiger partial charge in [-0.3, -0.25) is 0 Å². The van der Waals surface area contributed by atoms with Gasteiger partial charge in [0.25, 0.3) is 0 Å². The molecule has 2 atom stereocenters. The van der Waals surface area contributed by atoms with Crippen molar-refractivity contribution in [2.24, 2.45) is 5.92 Å². The molecule has 2 nitrogen and oxygen atoms in total. The Balaban J connectivity index is 2.36. The molecule has 1 unspecified atom stereocenters. The van der Waals surface area contributed by atoms with E-state index >= 15 is 0 Å². The third-order valence-electron chi connectivity index (χ3n) is 1.54. The maximum Gasteiger partial charge on any atom is 0.148 e. The molecule has 0 radical (unpaired) electrons. The Kier molecular flexibility index (Phi) is 2.01. The molecule has 1 saturated heterocycles. The van der Waals surface area contributed by atoms with Crippen LogP contribution in [0.5, 0.6) is 0 Å². The summed E-state index contributed by atoms with van der Waals surface area (Å²) < 4.78 is 5.07. The number of hydrogen-bond acceptors (Lipinski definition) is 2. The van der Waals surface area contributed by atoms with Crippen LogP contribution in [0.25, 0.3) is 0 Å². The van der Waals surface area contributed by atoms with Crippen LogP contribution in [-0.2, 0) is 9.53 Å². The molecule has 1 heterocycles. The summed E-state index contributed by atoms with van der Waals surface area (Å²) in [5, 5.41) is 0. The monoisotopic (exact) mass is 126 g/mol. The molecule has 0 amide bonds. The zero-order chi connectivity index (χ0) is 6.69. The molecular weight excluding hydrogens is 116 g/mol. The summed E-state index contributed by atoms with van der Waals surface area (Å²) in [6.45, 7) is 4.28. The molecule has 0 aromatic heterocycles. The number of rotatable bonds is 2. The van der Waals surface area contributed by atoms with Gasteiger partial charge in [0.1, 0.15) is 12.4 Å². The number of carbonyl (C=O) groups excluding carboxylic acids is 1. The fourth-order valence-electron chi connectivity index (χ4n) is 0.941. The van der Waals surface area contributed by atoms with Gasteiger partial charge in [-0.05, 0) is 6.42 Å². The second-order valence-electron chi connectivity index (χ2n) is 2.24. The molecule has 50 valence electrons. The molecule has 2 heteroatoms. The first kappa shape index (κ1) is 6.49. The summed E-state index contributed by atoms with van der Waals surface area (Å²) in [6.07, 6.45) is 3.33. The van der Waals surface area contributed by atoms with Crippen molar-refractivity contribution < 1.29 is 9.53 Å². The quantitative estimate of drug-likeness (QED) is 0.403. The van der Waals surface area contributed by atoms with E-state index in [1.807, 2.05) is 6.08 Å². The van der Waals surface area contributed by atoms with Crippen molar-refractivity contribution in [1.29, 1.82) is 0 Å². The minimum absolute atomic E-state index is 0.173. The van der Waals surface area contributed by atoms with Crippen LogP contribution in [0, 0.1) is 5.92 Å². The van der Waals surface area contributed by atoms with Crippen molar-refractivity contribution in [3.05, 3.63) is 12.7 Å². The standard InChI is InChI=1S/C7H10O2/c1-2-6-3-7(4-8)9-5-6/h2,4,6-7H,1,3,5H2/t6-,7?/m1/s1. The minimum atomic E-state index is -0.173. The Hall–Kier alpha value is -0.630. The molecule has 0 aromatic rings. The summed E-state index contributed by atoms with van der Waals surface area (Å²) >= 11 is 0. The molecule has 0 N–H and O–H groups in total. The molecule has 0 aromatic carbocycles. The molecule has 1 rings (SSSR count). The van der Waals surface area contributed by atoms with Crippen LogP contribution < -0.4 is 0 Å². The number of hydrogen-bond donors (Lipinski definition) is 0. The van der Waals surface area contributed by atoms with Gasteiger partial charge in [0.2, 0.25) is 0 Å². The predicted molar refractivity (Wildman–Crippen MR) is 34.1 cm³/mol. The van der Waals surface area contributed by atoms with E-state index < -0.39 is 0 Å². The van der Waals surface area contributed by atoms with Gasteiger partial charge in [-0.25, -0.2) is 0 Å². The molecule has 0 bridgehead atoms. The Morgan fingerprint density at radius 2 is 2.44 bits per heavy atom. The van der Waals surface area contributed by atoms with Crippen LogP contribution in [0.4, 0.5) is 0 Å². The van der Waals surface area contributed by atoms with Gasteiger partial charge in [-0.15, -0.1) is 6.58 Å². The van der Waals surface area contributed by atoms with E-state index in [1.54, 1.807) is 0 Å². The highest BCUT2D eigenvalue weighted by atomic mass is 16.5. The van der Waals surface area contributed by atoms with Gasteiger partial charge in [0, 0.05) is 5.92 Å². The van der Waals surface area contributed by atoms with E-state index in [4.69, 9.17) is 4.74 Å². The molecule has 1 aliphatic rings. The van der Waals surface area contributed by atoms with Crippen LogP contribution in [0.3, 0.4) is 0 Å². The van der Waals surface area contributed by atoms with E-state index in [9.17, 15) is 4.79 Å². The number of aldehydes is 1. The van der Waals surface area contributed by atoms with E-state index in [-0.39, 0.29) is 6.10 Å². The van der Waals surface area contributed by atoms with Gasteiger partial charge in [-0.2, -0.15) is 0 Å². The summed E-state index contributed by atoms with van der Waals surface area (Å²) in [5.41, 5.74) is 0. The van der Waals surface area contributed by atoms with Crippen LogP contribution in [0.15, 0.2) is 12.7 Å². The predicted octanol–water partition coefficient (Wildman–Crippen LogP) is 0.776. The van der Waals surface area contributed by atoms with Gasteiger partial charge >= 0.3 is 0 Å². The van der Waals surface area contributed by atoms with Crippen molar-refractivity contribution >= 4 is 6.29 Å². The third-order valence-corrected chi connectivity index (χ3v) is 1.54. The van der Waals surface area contributed by atoms with Crippen molar-refractivity contribution in [2.45, 2.75) is 12.5 Å². The van der Waals surface area contributed by atoms with Crippen LogP contribution in [0.2, 0.25) is 0 Å². The topological polar surface area (TPSA) is 26.3 Å². The smallest absolute Gasteiger partial charge is 0.148 e. The Morgan fingerprint density at radius 3 is 2.78 bits per heavy atom. The lowest BCUT2D eigenvalue weighted by molar-refractivity contribution is -0.115. The van der Waals surface area contributed by atoms with Gasteiger partial charge in [-0.1, -0.05) is 6.08 Å². The molecule has 0 aliphatic carbocycles. The second kappa shape index (κ2) is 2.78. The van der Waals surface area contributed by atoms with Crippen molar-refractivity contribution in [3.8, 4) is 0 Å². The Morgan fingerprint density at radius 1 is 1.67 bits per heavy atom. The normalized spacial score (nSPS) is 34.2. The zero-order valence-electron chi connectivity index (χ0n) is 5.25. The van der Waals surface area contributed by atoms with Gasteiger partial charge in [0.05, 0.1) is 6.61 Å². The SMILES string of the molecule is C=C[C@H]1COC(C=O)C1. The summed E-state index contributed by atoms with van der Waals surface area (Å²) in [7, 11) is 0. The number of carbonyl (C=O) groups is 1. The van der Waals surface area contributed by atoms with Gasteiger partial charge in [0.15, 0.2) is 0 Å². The number of ether oxygens (including phenoxy) is 1. The minimum Gasteiger partial charge on any atom is -0.370 e. The summed E-state index contributed by atoms with van der Waals surface area (Å²) in [4.78, 5) is 10.1. The lowest BCUT2D eigenvalue weighted by Crippen LogP contribution is -2.04. The highest BCUT2D eigenvalue weighted by molar-refractivity contribution is 5.56. The summed E-state index contributed by atoms with van der Waals surface area (Å²) in [5.74, 6) is 0.389. The lowest BCUT2D eigenvalue weighted by atomic mass is 10.1. The van der Waals surface area contributed by atoms with Crippen molar-refractivity contribution in [1.82, 2.24) is 0 Å². The molecule has 1 aliphatic heterocycles. The maximum absolute atomic E-state index is 10.1. The van der Waals surface area contributed by atoms with Crippen molar-refractivity contribution in [2.75, 3.05) is 6.61 Å². The molecule has 9 heavy (non-hydrogen) atoms. The summed E-state index contributed by atoms with van der Waals surface area (Å²) in [6, 6.07) is 0. The third kappa shape index (κ3) is 1.39. The molecule has 1 fully saturated rings. The molecule has 0 saturated carbocycles. The van der Waals surface area contributed by atoms with Gasteiger partial charge < -0.3 is 9.53 Å². The Bertz CT molecular complexity index is 106. The highest BCUT2D eigenvalue weighted by Crippen LogP contribution is 2.18. The fraction of sp³-hybridized carbons (Fsp3) is 0.571. The maximum atomic E-state index is 10.1. The van der Waals surface area contributed by atoms with E-state index in [1.165, 1.54) is 0 Å². The molecular formula is C7H10O2. The first-order valence-corrected chi connectivity index (χ1v) is 3.06. The second-order valence-corrected chi connectivity index (χ2v) is 2.24. The van der Waals surface area contributed by atoms with E-state index in [0.29, 0.717) is 12.5 Å². The average molecular weight is 126 g/mol. The lowest BCUT2D eigenvalue weighted by Gasteiger charge is -1.94.